The molecule has 1 fully saturated rings. The molecule has 1 heterocycles. The zero-order valence-corrected chi connectivity index (χ0v) is 13.5. The minimum Gasteiger partial charge on any atom is -0.380 e. The number of hydrogen-bond acceptors (Lipinski definition) is 6. The zero-order chi connectivity index (χ0) is 14.4. The van der Waals surface area contributed by atoms with Gasteiger partial charge in [0.1, 0.15) is 0 Å². The second kappa shape index (κ2) is 7.93. The van der Waals surface area contributed by atoms with E-state index in [4.69, 9.17) is 14.5 Å². The lowest BCUT2D eigenvalue weighted by molar-refractivity contribution is 0.154. The number of rotatable bonds is 10. The molecule has 1 aliphatic rings. The molecule has 114 valence electrons. The van der Waals surface area contributed by atoms with Crippen LogP contribution in [0.5, 0.6) is 0 Å². The number of anilines is 1. The van der Waals surface area contributed by atoms with Crippen molar-refractivity contribution in [3.8, 4) is 0 Å². The van der Waals surface area contributed by atoms with Gasteiger partial charge in [-0.25, -0.2) is 4.98 Å². The van der Waals surface area contributed by atoms with Crippen LogP contribution in [-0.2, 0) is 22.6 Å². The average molecular weight is 299 g/mol. The smallest absolute Gasteiger partial charge is 0.185 e. The Hall–Kier alpha value is -0.690. The predicted molar refractivity (Wildman–Crippen MR) is 82.5 cm³/mol. The predicted octanol–water partition coefficient (Wildman–Crippen LogP) is 2.01. The van der Waals surface area contributed by atoms with Crippen LogP contribution in [0.4, 0.5) is 5.13 Å². The van der Waals surface area contributed by atoms with Crippen molar-refractivity contribution >= 4 is 16.5 Å². The van der Waals surface area contributed by atoms with E-state index in [1.165, 1.54) is 17.7 Å². The molecule has 0 amide bonds. The number of ether oxygens (including phenoxy) is 2. The SMILES string of the molecule is CCOCCN(C)c1nc(COC)c(CNC2CC2)s1. The van der Waals surface area contributed by atoms with E-state index in [0.717, 1.165) is 37.1 Å². The van der Waals surface area contributed by atoms with Crippen molar-refractivity contribution in [3.05, 3.63) is 10.6 Å². The second-order valence-corrected chi connectivity index (χ2v) is 6.14. The number of nitrogens with one attached hydrogen (secondary N) is 1. The summed E-state index contributed by atoms with van der Waals surface area (Å²) in [7, 11) is 3.78. The third-order valence-electron chi connectivity index (χ3n) is 3.28. The normalized spacial score (nSPS) is 14.8. The second-order valence-electron chi connectivity index (χ2n) is 5.07. The lowest BCUT2D eigenvalue weighted by atomic mass is 10.3. The third-order valence-corrected chi connectivity index (χ3v) is 4.49. The van der Waals surface area contributed by atoms with Crippen LogP contribution in [0.3, 0.4) is 0 Å². The molecule has 0 unspecified atom stereocenters. The van der Waals surface area contributed by atoms with Gasteiger partial charge in [0.25, 0.3) is 0 Å². The van der Waals surface area contributed by atoms with Crippen LogP contribution in [0, 0.1) is 0 Å². The van der Waals surface area contributed by atoms with E-state index in [2.05, 4.69) is 17.3 Å². The third kappa shape index (κ3) is 4.70. The van der Waals surface area contributed by atoms with Gasteiger partial charge in [-0.2, -0.15) is 0 Å². The molecular formula is C14H25N3O2S. The first-order valence-corrected chi connectivity index (χ1v) is 8.06. The van der Waals surface area contributed by atoms with Crippen molar-refractivity contribution in [2.45, 2.75) is 39.0 Å². The molecule has 0 spiro atoms. The summed E-state index contributed by atoms with van der Waals surface area (Å²) in [6.45, 7) is 5.86. The number of aromatic nitrogens is 1. The Kier molecular flexibility index (Phi) is 6.22. The first-order valence-electron chi connectivity index (χ1n) is 7.24. The molecule has 20 heavy (non-hydrogen) atoms. The lowest BCUT2D eigenvalue weighted by Gasteiger charge is -2.15. The highest BCUT2D eigenvalue weighted by molar-refractivity contribution is 7.15. The standard InChI is InChI=1S/C14H25N3O2S/c1-4-19-8-7-17(2)14-16-12(10-18-3)13(20-14)9-15-11-5-6-11/h11,15H,4-10H2,1-3H3. The summed E-state index contributed by atoms with van der Waals surface area (Å²) in [4.78, 5) is 8.14. The van der Waals surface area contributed by atoms with Crippen molar-refractivity contribution in [2.75, 3.05) is 38.8 Å². The Morgan fingerprint density at radius 3 is 2.90 bits per heavy atom. The molecule has 5 nitrogen and oxygen atoms in total. The molecule has 1 aromatic heterocycles. The van der Waals surface area contributed by atoms with Gasteiger partial charge in [0.2, 0.25) is 0 Å². The Morgan fingerprint density at radius 2 is 2.25 bits per heavy atom. The van der Waals surface area contributed by atoms with Gasteiger partial charge in [-0.3, -0.25) is 0 Å². The number of thiazole rings is 1. The van der Waals surface area contributed by atoms with Gasteiger partial charge in [0.15, 0.2) is 5.13 Å². The van der Waals surface area contributed by atoms with E-state index < -0.39 is 0 Å². The van der Waals surface area contributed by atoms with Gasteiger partial charge in [0, 0.05) is 44.8 Å². The Morgan fingerprint density at radius 1 is 1.45 bits per heavy atom. The number of nitrogens with zero attached hydrogens (tertiary/aromatic N) is 2. The van der Waals surface area contributed by atoms with Crippen LogP contribution in [0.1, 0.15) is 30.3 Å². The Balaban J connectivity index is 1.94. The molecule has 2 rings (SSSR count). The molecule has 1 aromatic rings. The largest absolute Gasteiger partial charge is 0.380 e. The van der Waals surface area contributed by atoms with Crippen LogP contribution in [0.15, 0.2) is 0 Å². The fraction of sp³-hybridized carbons (Fsp3) is 0.786. The van der Waals surface area contributed by atoms with E-state index in [1.54, 1.807) is 18.4 Å². The number of methoxy groups -OCH3 is 1. The van der Waals surface area contributed by atoms with Gasteiger partial charge in [-0.15, -0.1) is 11.3 Å². The minimum absolute atomic E-state index is 0.581. The molecule has 0 aromatic carbocycles. The van der Waals surface area contributed by atoms with Crippen molar-refractivity contribution in [1.29, 1.82) is 0 Å². The Labute approximate surface area is 125 Å². The molecule has 0 bridgehead atoms. The van der Waals surface area contributed by atoms with Gasteiger partial charge < -0.3 is 19.7 Å². The number of hydrogen-bond donors (Lipinski definition) is 1. The van der Waals surface area contributed by atoms with E-state index in [9.17, 15) is 0 Å². The van der Waals surface area contributed by atoms with Gasteiger partial charge in [-0.1, -0.05) is 0 Å². The number of likely N-dealkylation sites (N-methyl/N-ethyl adjacent to an activating group) is 1. The first kappa shape index (κ1) is 15.7. The van der Waals surface area contributed by atoms with Crippen LogP contribution in [0.2, 0.25) is 0 Å². The van der Waals surface area contributed by atoms with E-state index in [1.807, 2.05) is 6.92 Å². The quantitative estimate of drug-likeness (QED) is 0.670. The summed E-state index contributed by atoms with van der Waals surface area (Å²) in [6, 6.07) is 0.714. The first-order chi connectivity index (χ1) is 9.74. The molecule has 6 heteroatoms. The maximum atomic E-state index is 5.40. The Bertz CT molecular complexity index is 407. The molecule has 0 saturated heterocycles. The van der Waals surface area contributed by atoms with Crippen LogP contribution >= 0.6 is 11.3 Å². The molecule has 0 radical (unpaired) electrons. The highest BCUT2D eigenvalue weighted by Crippen LogP contribution is 2.27. The molecule has 1 aliphatic carbocycles. The summed E-state index contributed by atoms with van der Waals surface area (Å²) in [6.07, 6.45) is 2.61. The lowest BCUT2D eigenvalue weighted by Crippen LogP contribution is -2.22. The fourth-order valence-corrected chi connectivity index (χ4v) is 2.89. The average Bonchev–Trinajstić information content (AvgIpc) is 3.18. The van der Waals surface area contributed by atoms with Gasteiger partial charge >= 0.3 is 0 Å². The van der Waals surface area contributed by atoms with Crippen LogP contribution in [0.25, 0.3) is 0 Å². The summed E-state index contributed by atoms with van der Waals surface area (Å²) in [5, 5.41) is 4.59. The summed E-state index contributed by atoms with van der Waals surface area (Å²) >= 11 is 1.75. The van der Waals surface area contributed by atoms with E-state index in [0.29, 0.717) is 12.6 Å². The van der Waals surface area contributed by atoms with Gasteiger partial charge in [0.05, 0.1) is 18.9 Å². The minimum atomic E-state index is 0.581. The fourth-order valence-electron chi connectivity index (χ4n) is 1.89. The molecule has 0 atom stereocenters. The highest BCUT2D eigenvalue weighted by atomic mass is 32.1. The van der Waals surface area contributed by atoms with Gasteiger partial charge in [-0.05, 0) is 19.8 Å². The van der Waals surface area contributed by atoms with Crippen molar-refractivity contribution in [3.63, 3.8) is 0 Å². The summed E-state index contributed by atoms with van der Waals surface area (Å²) < 4.78 is 10.7. The maximum Gasteiger partial charge on any atom is 0.185 e. The molecule has 1 N–H and O–H groups in total. The van der Waals surface area contributed by atoms with Crippen LogP contribution in [-0.4, -0.2) is 44.9 Å². The van der Waals surface area contributed by atoms with Crippen molar-refractivity contribution in [2.24, 2.45) is 0 Å². The van der Waals surface area contributed by atoms with Crippen LogP contribution < -0.4 is 10.2 Å². The van der Waals surface area contributed by atoms with Crippen molar-refractivity contribution in [1.82, 2.24) is 10.3 Å². The van der Waals surface area contributed by atoms with Crippen molar-refractivity contribution < 1.29 is 9.47 Å². The maximum absolute atomic E-state index is 5.40. The molecule has 1 saturated carbocycles. The topological polar surface area (TPSA) is 46.6 Å². The highest BCUT2D eigenvalue weighted by Gasteiger charge is 2.22. The zero-order valence-electron chi connectivity index (χ0n) is 12.6. The molecular weight excluding hydrogens is 274 g/mol. The van der Waals surface area contributed by atoms with E-state index >= 15 is 0 Å². The molecule has 0 aliphatic heterocycles. The summed E-state index contributed by atoms with van der Waals surface area (Å²) in [5.41, 5.74) is 1.06. The van der Waals surface area contributed by atoms with E-state index in [-0.39, 0.29) is 0 Å². The summed E-state index contributed by atoms with van der Waals surface area (Å²) in [5.74, 6) is 0. The monoisotopic (exact) mass is 299 g/mol.